The maximum atomic E-state index is 12.4. The first kappa shape index (κ1) is 16.4. The first-order chi connectivity index (χ1) is 11.9. The third-order valence-electron chi connectivity index (χ3n) is 6.18. The van der Waals surface area contributed by atoms with Gasteiger partial charge in [-0.25, -0.2) is 4.79 Å². The second-order valence-corrected chi connectivity index (χ2v) is 8.20. The highest BCUT2D eigenvalue weighted by Crippen LogP contribution is 2.55. The Kier molecular flexibility index (Phi) is 3.92. The minimum absolute atomic E-state index is 0.000758. The molecule has 2 N–H and O–H groups in total. The van der Waals surface area contributed by atoms with Gasteiger partial charge in [-0.3, -0.25) is 0 Å². The maximum Gasteiger partial charge on any atom is 0.390 e. The zero-order chi connectivity index (χ0) is 17.6. The molecule has 0 saturated heterocycles. The van der Waals surface area contributed by atoms with Crippen LogP contribution >= 0.6 is 0 Å². The Morgan fingerprint density at radius 3 is 2.44 bits per heavy atom. The smallest absolute Gasteiger partial charge is 0.358 e. The minimum atomic E-state index is -0.503. The van der Waals surface area contributed by atoms with Gasteiger partial charge < -0.3 is 20.7 Å². The Balaban J connectivity index is 1.29. The second kappa shape index (κ2) is 6.00. The summed E-state index contributed by atoms with van der Waals surface area (Å²) in [5.74, 6) is 2.21. The van der Waals surface area contributed by atoms with E-state index >= 15 is 0 Å². The van der Waals surface area contributed by atoms with Crippen LogP contribution in [0.5, 0.6) is 0 Å². The average Bonchev–Trinajstić information content (AvgIpc) is 2.87. The fourth-order valence-corrected chi connectivity index (χ4v) is 5.63. The summed E-state index contributed by atoms with van der Waals surface area (Å²) >= 11 is 0. The Morgan fingerprint density at radius 2 is 1.92 bits per heavy atom. The number of urea groups is 1. The highest BCUT2D eigenvalue weighted by atomic mass is 16.6. The van der Waals surface area contributed by atoms with Crippen LogP contribution in [-0.4, -0.2) is 32.8 Å². The number of carbonyl (C=O) groups excluding carboxylic acids is 1. The summed E-state index contributed by atoms with van der Waals surface area (Å²) in [5, 5.41) is 20.8. The van der Waals surface area contributed by atoms with Crippen LogP contribution in [0.1, 0.15) is 44.2 Å². The van der Waals surface area contributed by atoms with Crippen molar-refractivity contribution >= 4 is 11.8 Å². The van der Waals surface area contributed by atoms with Crippen molar-refractivity contribution in [2.24, 2.45) is 17.8 Å². The van der Waals surface area contributed by atoms with Crippen molar-refractivity contribution in [2.75, 3.05) is 6.54 Å². The predicted octanol–water partition coefficient (Wildman–Crippen LogP) is 2.37. The molecule has 5 rings (SSSR count). The molecule has 25 heavy (non-hydrogen) atoms. The number of nitrogens with one attached hydrogen (secondary N) is 2. The van der Waals surface area contributed by atoms with E-state index in [-0.39, 0.29) is 17.4 Å². The van der Waals surface area contributed by atoms with Crippen molar-refractivity contribution in [3.63, 3.8) is 0 Å². The summed E-state index contributed by atoms with van der Waals surface area (Å²) in [5.41, 5.74) is 0.717. The highest BCUT2D eigenvalue weighted by Gasteiger charge is 2.51. The van der Waals surface area contributed by atoms with E-state index in [2.05, 4.69) is 15.7 Å². The number of rotatable bonds is 5. The number of aryl methyl sites for hydroxylation is 1. The molecule has 4 saturated carbocycles. The quantitative estimate of drug-likeness (QED) is 0.630. The van der Waals surface area contributed by atoms with Gasteiger partial charge in [0, 0.05) is 12.1 Å². The standard InChI is InChI=1S/C17H25N5O3/c1-11-4-15(22(24)25)20-21(11)3-2-18-16(23)19-17-8-12-5-13(9-17)7-14(6-12)10-17/h4,12-14H,2-3,5-10H2,1H3,(H2,18,19,23). The van der Waals surface area contributed by atoms with Crippen LogP contribution in [0.3, 0.4) is 0 Å². The molecular formula is C17H25N5O3. The summed E-state index contributed by atoms with van der Waals surface area (Å²) in [4.78, 5) is 22.6. The van der Waals surface area contributed by atoms with Crippen molar-refractivity contribution in [3.8, 4) is 0 Å². The van der Waals surface area contributed by atoms with Gasteiger partial charge in [0.15, 0.2) is 0 Å². The van der Waals surface area contributed by atoms with Gasteiger partial charge in [-0.2, -0.15) is 4.68 Å². The summed E-state index contributed by atoms with van der Waals surface area (Å²) in [6, 6.07) is 1.32. The van der Waals surface area contributed by atoms with Crippen molar-refractivity contribution < 1.29 is 9.72 Å². The first-order valence-electron chi connectivity index (χ1n) is 9.17. The predicted molar refractivity (Wildman–Crippen MR) is 91.1 cm³/mol. The molecule has 1 heterocycles. The molecule has 1 aromatic heterocycles. The molecule has 4 fully saturated rings. The highest BCUT2D eigenvalue weighted by molar-refractivity contribution is 5.74. The number of amides is 2. The molecule has 0 aromatic carbocycles. The van der Waals surface area contributed by atoms with Gasteiger partial charge in [0.25, 0.3) is 0 Å². The van der Waals surface area contributed by atoms with Crippen LogP contribution in [0.15, 0.2) is 6.07 Å². The Labute approximate surface area is 146 Å². The summed E-state index contributed by atoms with van der Waals surface area (Å²) in [6.07, 6.45) is 7.41. The van der Waals surface area contributed by atoms with E-state index in [0.717, 1.165) is 42.7 Å². The maximum absolute atomic E-state index is 12.4. The summed E-state index contributed by atoms with van der Waals surface area (Å²) in [6.45, 7) is 2.60. The molecule has 4 aliphatic rings. The molecule has 2 amide bonds. The lowest BCUT2D eigenvalue weighted by Crippen LogP contribution is -2.61. The molecule has 8 nitrogen and oxygen atoms in total. The third-order valence-corrected chi connectivity index (χ3v) is 6.18. The molecule has 0 unspecified atom stereocenters. The van der Waals surface area contributed by atoms with Crippen LogP contribution in [-0.2, 0) is 6.54 Å². The zero-order valence-corrected chi connectivity index (χ0v) is 14.5. The van der Waals surface area contributed by atoms with Gasteiger partial charge in [0.1, 0.15) is 0 Å². The zero-order valence-electron chi connectivity index (χ0n) is 14.5. The molecular weight excluding hydrogens is 322 g/mol. The second-order valence-electron chi connectivity index (χ2n) is 8.20. The fourth-order valence-electron chi connectivity index (χ4n) is 5.63. The van der Waals surface area contributed by atoms with Gasteiger partial charge in [-0.1, -0.05) is 0 Å². The van der Waals surface area contributed by atoms with Crippen molar-refractivity contribution in [1.29, 1.82) is 0 Å². The van der Waals surface area contributed by atoms with Crippen molar-refractivity contribution in [2.45, 2.75) is 57.5 Å². The molecule has 0 atom stereocenters. The molecule has 8 heteroatoms. The number of nitro groups is 1. The van der Waals surface area contributed by atoms with Gasteiger partial charge in [-0.05, 0) is 68.1 Å². The van der Waals surface area contributed by atoms with Gasteiger partial charge in [0.05, 0.1) is 23.4 Å². The Morgan fingerprint density at radius 1 is 1.32 bits per heavy atom. The first-order valence-corrected chi connectivity index (χ1v) is 9.17. The Bertz CT molecular complexity index is 663. The van der Waals surface area contributed by atoms with Gasteiger partial charge >= 0.3 is 11.8 Å². The number of hydrogen-bond acceptors (Lipinski definition) is 4. The lowest BCUT2D eigenvalue weighted by Gasteiger charge is -2.56. The van der Waals surface area contributed by atoms with Crippen LogP contribution in [0, 0.1) is 34.8 Å². The minimum Gasteiger partial charge on any atom is -0.358 e. The molecule has 0 radical (unpaired) electrons. The van der Waals surface area contributed by atoms with Crippen LogP contribution in [0.2, 0.25) is 0 Å². The van der Waals surface area contributed by atoms with Crippen molar-refractivity contribution in [1.82, 2.24) is 20.4 Å². The number of nitrogens with zero attached hydrogens (tertiary/aromatic N) is 3. The number of aromatic nitrogens is 2. The van der Waals surface area contributed by atoms with E-state index in [4.69, 9.17) is 0 Å². The lowest BCUT2D eigenvalue weighted by atomic mass is 9.53. The monoisotopic (exact) mass is 347 g/mol. The molecule has 4 bridgehead atoms. The van der Waals surface area contributed by atoms with E-state index in [9.17, 15) is 14.9 Å². The van der Waals surface area contributed by atoms with Crippen molar-refractivity contribution in [3.05, 3.63) is 21.9 Å². The number of hydrogen-bond donors (Lipinski definition) is 2. The van der Waals surface area contributed by atoms with E-state index in [1.165, 1.54) is 25.3 Å². The van der Waals surface area contributed by atoms with Crippen LogP contribution in [0.4, 0.5) is 10.6 Å². The normalized spacial score (nSPS) is 32.6. The fraction of sp³-hybridized carbons (Fsp3) is 0.765. The third kappa shape index (κ3) is 3.21. The van der Waals surface area contributed by atoms with Gasteiger partial charge in [0.2, 0.25) is 0 Å². The summed E-state index contributed by atoms with van der Waals surface area (Å²) < 4.78 is 1.56. The topological polar surface area (TPSA) is 102 Å². The van der Waals surface area contributed by atoms with E-state index < -0.39 is 4.92 Å². The molecule has 136 valence electrons. The molecule has 1 aromatic rings. The van der Waals surface area contributed by atoms with Crippen LogP contribution < -0.4 is 10.6 Å². The lowest BCUT2D eigenvalue weighted by molar-refractivity contribution is -0.389. The molecule has 4 aliphatic carbocycles. The van der Waals surface area contributed by atoms with E-state index in [0.29, 0.717) is 13.1 Å². The van der Waals surface area contributed by atoms with Gasteiger partial charge in [-0.15, -0.1) is 0 Å². The SMILES string of the molecule is Cc1cc([N+](=O)[O-])nn1CCNC(=O)NC12CC3CC(CC(C3)C1)C2. The average molecular weight is 347 g/mol. The largest absolute Gasteiger partial charge is 0.390 e. The summed E-state index contributed by atoms with van der Waals surface area (Å²) in [7, 11) is 0. The van der Waals surface area contributed by atoms with E-state index in [1.807, 2.05) is 0 Å². The number of carbonyl (C=O) groups is 1. The van der Waals surface area contributed by atoms with Crippen LogP contribution in [0.25, 0.3) is 0 Å². The van der Waals surface area contributed by atoms with E-state index in [1.54, 1.807) is 11.6 Å². The molecule has 0 aliphatic heterocycles. The molecule has 0 spiro atoms. The Hall–Kier alpha value is -2.12.